The van der Waals surface area contributed by atoms with Crippen molar-refractivity contribution < 1.29 is 9.15 Å². The zero-order chi connectivity index (χ0) is 13.9. The highest BCUT2D eigenvalue weighted by Gasteiger charge is 2.21. The van der Waals surface area contributed by atoms with Gasteiger partial charge in [-0.2, -0.15) is 0 Å². The summed E-state index contributed by atoms with van der Waals surface area (Å²) in [4.78, 5) is 2.45. The molecule has 1 aliphatic rings. The summed E-state index contributed by atoms with van der Waals surface area (Å²) in [5.74, 6) is 1.90. The van der Waals surface area contributed by atoms with Crippen LogP contribution < -0.4 is 0 Å². The van der Waals surface area contributed by atoms with Crippen LogP contribution in [0.2, 0.25) is 0 Å². The van der Waals surface area contributed by atoms with Crippen molar-refractivity contribution in [2.45, 2.75) is 26.0 Å². The molecule has 1 saturated heterocycles. The van der Waals surface area contributed by atoms with Gasteiger partial charge >= 0.3 is 0 Å². The van der Waals surface area contributed by atoms with Crippen molar-refractivity contribution in [1.29, 1.82) is 0 Å². The molecule has 0 radical (unpaired) electrons. The maximum absolute atomic E-state index is 5.70. The Labute approximate surface area is 120 Å². The molecule has 1 unspecified atom stereocenters. The number of aryl methyl sites for hydroxylation is 1. The maximum atomic E-state index is 5.70. The Bertz CT molecular complexity index is 576. The summed E-state index contributed by atoms with van der Waals surface area (Å²) in [5.41, 5.74) is 2.48. The molecule has 2 aromatic rings. The SMILES string of the molecule is COC1CCN(Cc2cccc(-c3ccc(C)o3)c2)C1. The number of hydrogen-bond donors (Lipinski definition) is 0. The third kappa shape index (κ3) is 2.94. The minimum atomic E-state index is 0.394. The van der Waals surface area contributed by atoms with Crippen LogP contribution in [-0.2, 0) is 11.3 Å². The topological polar surface area (TPSA) is 25.6 Å². The number of rotatable bonds is 4. The van der Waals surface area contributed by atoms with Crippen LogP contribution in [0.3, 0.4) is 0 Å². The van der Waals surface area contributed by atoms with Crippen molar-refractivity contribution in [3.05, 3.63) is 47.7 Å². The molecule has 0 saturated carbocycles. The van der Waals surface area contributed by atoms with Crippen LogP contribution in [0.4, 0.5) is 0 Å². The second-order valence-electron chi connectivity index (χ2n) is 5.49. The van der Waals surface area contributed by atoms with E-state index in [1.54, 1.807) is 7.11 Å². The first kappa shape index (κ1) is 13.4. The monoisotopic (exact) mass is 271 g/mol. The molecule has 1 fully saturated rings. The van der Waals surface area contributed by atoms with Gasteiger partial charge < -0.3 is 9.15 Å². The first-order valence-electron chi connectivity index (χ1n) is 7.15. The summed E-state index contributed by atoms with van der Waals surface area (Å²) < 4.78 is 11.1. The van der Waals surface area contributed by atoms with Crippen LogP contribution in [0.25, 0.3) is 11.3 Å². The van der Waals surface area contributed by atoms with Crippen LogP contribution in [0.15, 0.2) is 40.8 Å². The number of methoxy groups -OCH3 is 1. The maximum Gasteiger partial charge on any atom is 0.134 e. The lowest BCUT2D eigenvalue weighted by Crippen LogP contribution is -2.22. The number of furan rings is 1. The third-order valence-corrected chi connectivity index (χ3v) is 3.92. The molecule has 1 atom stereocenters. The molecule has 0 spiro atoms. The summed E-state index contributed by atoms with van der Waals surface area (Å²) in [6, 6.07) is 12.6. The van der Waals surface area contributed by atoms with Gasteiger partial charge in [0.05, 0.1) is 6.10 Å². The van der Waals surface area contributed by atoms with Crippen molar-refractivity contribution in [3.63, 3.8) is 0 Å². The van der Waals surface area contributed by atoms with Crippen molar-refractivity contribution in [3.8, 4) is 11.3 Å². The molecule has 3 rings (SSSR count). The van der Waals surface area contributed by atoms with Gasteiger partial charge in [0.25, 0.3) is 0 Å². The predicted molar refractivity (Wildman–Crippen MR) is 79.6 cm³/mol. The predicted octanol–water partition coefficient (Wildman–Crippen LogP) is 3.48. The van der Waals surface area contributed by atoms with E-state index in [1.165, 1.54) is 5.56 Å². The average Bonchev–Trinajstić information content (AvgIpc) is 3.08. The largest absolute Gasteiger partial charge is 0.461 e. The highest BCUT2D eigenvalue weighted by molar-refractivity contribution is 5.58. The molecule has 0 bridgehead atoms. The molecular weight excluding hydrogens is 250 g/mol. The first-order chi connectivity index (χ1) is 9.74. The van der Waals surface area contributed by atoms with E-state index in [9.17, 15) is 0 Å². The van der Waals surface area contributed by atoms with Gasteiger partial charge in [-0.15, -0.1) is 0 Å². The second-order valence-corrected chi connectivity index (χ2v) is 5.49. The zero-order valence-electron chi connectivity index (χ0n) is 12.1. The van der Waals surface area contributed by atoms with E-state index in [-0.39, 0.29) is 0 Å². The van der Waals surface area contributed by atoms with Gasteiger partial charge in [0.1, 0.15) is 11.5 Å². The Morgan fingerprint density at radius 1 is 1.30 bits per heavy atom. The number of nitrogens with zero attached hydrogens (tertiary/aromatic N) is 1. The lowest BCUT2D eigenvalue weighted by molar-refractivity contribution is 0.107. The van der Waals surface area contributed by atoms with Gasteiger partial charge in [-0.05, 0) is 37.1 Å². The highest BCUT2D eigenvalue weighted by Crippen LogP contribution is 2.24. The molecule has 1 aliphatic heterocycles. The minimum Gasteiger partial charge on any atom is -0.461 e. The Morgan fingerprint density at radius 2 is 2.20 bits per heavy atom. The zero-order valence-corrected chi connectivity index (χ0v) is 12.1. The fourth-order valence-electron chi connectivity index (χ4n) is 2.80. The van der Waals surface area contributed by atoms with Crippen molar-refractivity contribution >= 4 is 0 Å². The average molecular weight is 271 g/mol. The number of ether oxygens (including phenoxy) is 1. The molecule has 3 nitrogen and oxygen atoms in total. The van der Waals surface area contributed by atoms with Crippen LogP contribution in [0, 0.1) is 6.92 Å². The van der Waals surface area contributed by atoms with Crippen LogP contribution in [0.5, 0.6) is 0 Å². The van der Waals surface area contributed by atoms with Crippen molar-refractivity contribution in [2.24, 2.45) is 0 Å². The van der Waals surface area contributed by atoms with E-state index in [1.807, 2.05) is 19.1 Å². The van der Waals surface area contributed by atoms with Gasteiger partial charge in [0.15, 0.2) is 0 Å². The molecule has 0 aliphatic carbocycles. The normalized spacial score (nSPS) is 19.6. The number of hydrogen-bond acceptors (Lipinski definition) is 3. The molecule has 20 heavy (non-hydrogen) atoms. The number of benzene rings is 1. The molecule has 1 aromatic heterocycles. The van der Waals surface area contributed by atoms with Crippen LogP contribution in [0.1, 0.15) is 17.7 Å². The van der Waals surface area contributed by atoms with Gasteiger partial charge in [0.2, 0.25) is 0 Å². The summed E-state index contributed by atoms with van der Waals surface area (Å²) in [7, 11) is 1.80. The number of likely N-dealkylation sites (tertiary alicyclic amines) is 1. The van der Waals surface area contributed by atoms with Gasteiger partial charge in [-0.25, -0.2) is 0 Å². The first-order valence-corrected chi connectivity index (χ1v) is 7.15. The van der Waals surface area contributed by atoms with Gasteiger partial charge in [-0.1, -0.05) is 18.2 Å². The lowest BCUT2D eigenvalue weighted by atomic mass is 10.1. The Kier molecular flexibility index (Phi) is 3.90. The standard InChI is InChI=1S/C17H21NO2/c1-13-6-7-17(20-13)15-5-3-4-14(10-15)11-18-9-8-16(12-18)19-2/h3-7,10,16H,8-9,11-12H2,1-2H3. The van der Waals surface area contributed by atoms with Gasteiger partial charge in [-0.3, -0.25) is 4.90 Å². The van der Waals surface area contributed by atoms with Crippen LogP contribution in [-0.4, -0.2) is 31.2 Å². The summed E-state index contributed by atoms with van der Waals surface area (Å²) in [6.45, 7) is 5.10. The Morgan fingerprint density at radius 3 is 2.90 bits per heavy atom. The summed E-state index contributed by atoms with van der Waals surface area (Å²) >= 11 is 0. The molecule has 3 heteroatoms. The Balaban J connectivity index is 1.72. The van der Waals surface area contributed by atoms with E-state index in [4.69, 9.17) is 9.15 Å². The molecule has 0 N–H and O–H groups in total. The highest BCUT2D eigenvalue weighted by atomic mass is 16.5. The van der Waals surface area contributed by atoms with E-state index >= 15 is 0 Å². The molecule has 1 aromatic carbocycles. The second kappa shape index (κ2) is 5.81. The minimum absolute atomic E-state index is 0.394. The van der Waals surface area contributed by atoms with E-state index in [2.05, 4.69) is 29.2 Å². The van der Waals surface area contributed by atoms with E-state index < -0.39 is 0 Å². The molecule has 2 heterocycles. The fraction of sp³-hybridized carbons (Fsp3) is 0.412. The quantitative estimate of drug-likeness (QED) is 0.851. The molecular formula is C17H21NO2. The van der Waals surface area contributed by atoms with Crippen molar-refractivity contribution in [2.75, 3.05) is 20.2 Å². The third-order valence-electron chi connectivity index (χ3n) is 3.92. The van der Waals surface area contributed by atoms with Gasteiger partial charge in [0, 0.05) is 32.3 Å². The molecule has 106 valence electrons. The summed E-state index contributed by atoms with van der Waals surface area (Å²) in [5, 5.41) is 0. The lowest BCUT2D eigenvalue weighted by Gasteiger charge is -2.16. The smallest absolute Gasteiger partial charge is 0.134 e. The molecule has 0 amide bonds. The van der Waals surface area contributed by atoms with E-state index in [0.717, 1.165) is 43.1 Å². The summed E-state index contributed by atoms with van der Waals surface area (Å²) in [6.07, 6.45) is 1.53. The Hall–Kier alpha value is -1.58. The van der Waals surface area contributed by atoms with Crippen molar-refractivity contribution in [1.82, 2.24) is 4.90 Å². The van der Waals surface area contributed by atoms with Crippen LogP contribution >= 0.6 is 0 Å². The van der Waals surface area contributed by atoms with E-state index in [0.29, 0.717) is 6.10 Å². The fourth-order valence-corrected chi connectivity index (χ4v) is 2.80.